The Kier molecular flexibility index (Phi) is 4.63. The number of ether oxygens (including phenoxy) is 1. The van der Waals surface area contributed by atoms with Crippen LogP contribution in [-0.4, -0.2) is 7.11 Å². The highest BCUT2D eigenvalue weighted by molar-refractivity contribution is 14.1. The summed E-state index contributed by atoms with van der Waals surface area (Å²) in [4.78, 5) is 1.56. The van der Waals surface area contributed by atoms with E-state index in [0.29, 0.717) is 12.6 Å². The van der Waals surface area contributed by atoms with Crippen LogP contribution in [-0.2, 0) is 17.8 Å². The van der Waals surface area contributed by atoms with Gasteiger partial charge in [-0.1, -0.05) is 18.2 Å². The highest BCUT2D eigenvalue weighted by Crippen LogP contribution is 2.38. The van der Waals surface area contributed by atoms with Crippen molar-refractivity contribution < 1.29 is 4.74 Å². The SMILES string of the molecule is COCc1ccccc1NC1CCCc2sc(I)cc21. The second-order valence-electron chi connectivity index (χ2n) is 5.11. The van der Waals surface area contributed by atoms with E-state index in [2.05, 4.69) is 58.2 Å². The van der Waals surface area contributed by atoms with E-state index < -0.39 is 0 Å². The summed E-state index contributed by atoms with van der Waals surface area (Å²) in [5, 5.41) is 3.73. The lowest BCUT2D eigenvalue weighted by molar-refractivity contribution is 0.185. The summed E-state index contributed by atoms with van der Waals surface area (Å²) in [6.45, 7) is 0.657. The zero-order valence-electron chi connectivity index (χ0n) is 11.5. The van der Waals surface area contributed by atoms with Gasteiger partial charge >= 0.3 is 0 Å². The third kappa shape index (κ3) is 3.02. The fourth-order valence-electron chi connectivity index (χ4n) is 2.80. The molecule has 2 aromatic rings. The van der Waals surface area contributed by atoms with E-state index in [0.717, 1.165) is 0 Å². The van der Waals surface area contributed by atoms with Gasteiger partial charge in [-0.15, -0.1) is 11.3 Å². The van der Waals surface area contributed by atoms with Crippen molar-refractivity contribution in [2.45, 2.75) is 31.9 Å². The first-order valence-electron chi connectivity index (χ1n) is 6.89. The van der Waals surface area contributed by atoms with E-state index in [1.165, 1.54) is 39.0 Å². The number of rotatable bonds is 4. The molecule has 0 radical (unpaired) electrons. The first kappa shape index (κ1) is 14.4. The number of benzene rings is 1. The second-order valence-corrected chi connectivity index (χ2v) is 8.14. The van der Waals surface area contributed by atoms with Gasteiger partial charge in [0, 0.05) is 23.2 Å². The molecule has 1 heterocycles. The molecule has 1 N–H and O–H groups in total. The quantitative estimate of drug-likeness (QED) is 0.732. The molecule has 0 saturated carbocycles. The maximum atomic E-state index is 5.29. The molecule has 0 saturated heterocycles. The number of anilines is 1. The molecular formula is C16H18INOS. The highest BCUT2D eigenvalue weighted by Gasteiger charge is 2.23. The molecule has 20 heavy (non-hydrogen) atoms. The Labute approximate surface area is 137 Å². The van der Waals surface area contributed by atoms with Crippen molar-refractivity contribution in [3.8, 4) is 0 Å². The lowest BCUT2D eigenvalue weighted by atomic mass is 9.93. The van der Waals surface area contributed by atoms with E-state index in [9.17, 15) is 0 Å². The van der Waals surface area contributed by atoms with Gasteiger partial charge in [0.25, 0.3) is 0 Å². The largest absolute Gasteiger partial charge is 0.380 e. The monoisotopic (exact) mass is 399 g/mol. The van der Waals surface area contributed by atoms with Gasteiger partial charge in [0.2, 0.25) is 0 Å². The average Bonchev–Trinajstić information content (AvgIpc) is 2.83. The van der Waals surface area contributed by atoms with E-state index >= 15 is 0 Å². The number of methoxy groups -OCH3 is 1. The first-order valence-corrected chi connectivity index (χ1v) is 8.79. The van der Waals surface area contributed by atoms with Crippen LogP contribution < -0.4 is 5.32 Å². The molecule has 1 aromatic carbocycles. The van der Waals surface area contributed by atoms with Gasteiger partial charge in [0.05, 0.1) is 15.5 Å². The summed E-state index contributed by atoms with van der Waals surface area (Å²) in [5.41, 5.74) is 3.93. The third-order valence-electron chi connectivity index (χ3n) is 3.73. The highest BCUT2D eigenvalue weighted by atomic mass is 127. The van der Waals surface area contributed by atoms with Crippen molar-refractivity contribution in [1.82, 2.24) is 0 Å². The van der Waals surface area contributed by atoms with Gasteiger partial charge in [-0.2, -0.15) is 0 Å². The maximum absolute atomic E-state index is 5.29. The van der Waals surface area contributed by atoms with Crippen molar-refractivity contribution in [2.24, 2.45) is 0 Å². The molecule has 1 atom stereocenters. The summed E-state index contributed by atoms with van der Waals surface area (Å²) in [7, 11) is 1.75. The van der Waals surface area contributed by atoms with Crippen LogP contribution in [0.15, 0.2) is 30.3 Å². The minimum absolute atomic E-state index is 0.441. The summed E-state index contributed by atoms with van der Waals surface area (Å²) < 4.78 is 6.69. The Hall–Kier alpha value is -0.590. The molecule has 2 nitrogen and oxygen atoms in total. The van der Waals surface area contributed by atoms with Crippen molar-refractivity contribution >= 4 is 39.6 Å². The molecule has 1 aliphatic carbocycles. The van der Waals surface area contributed by atoms with Gasteiger partial charge in [0.15, 0.2) is 0 Å². The fourth-order valence-corrected chi connectivity index (χ4v) is 4.92. The van der Waals surface area contributed by atoms with Crippen LogP contribution in [0.3, 0.4) is 0 Å². The summed E-state index contributed by atoms with van der Waals surface area (Å²) in [6.07, 6.45) is 3.72. The summed E-state index contributed by atoms with van der Waals surface area (Å²) >= 11 is 4.37. The predicted molar refractivity (Wildman–Crippen MR) is 93.5 cm³/mol. The molecule has 0 spiro atoms. The van der Waals surface area contributed by atoms with Crippen LogP contribution in [0.1, 0.15) is 34.9 Å². The number of para-hydroxylation sites is 1. The molecule has 4 heteroatoms. The molecule has 0 aliphatic heterocycles. The third-order valence-corrected chi connectivity index (χ3v) is 5.70. The minimum atomic E-state index is 0.441. The topological polar surface area (TPSA) is 21.3 Å². The Morgan fingerprint density at radius 2 is 2.25 bits per heavy atom. The van der Waals surface area contributed by atoms with Gasteiger partial charge in [-0.3, -0.25) is 0 Å². The normalized spacial score (nSPS) is 17.8. The van der Waals surface area contributed by atoms with Crippen molar-refractivity contribution in [1.29, 1.82) is 0 Å². The van der Waals surface area contributed by atoms with Crippen molar-refractivity contribution in [3.63, 3.8) is 0 Å². The van der Waals surface area contributed by atoms with Gasteiger partial charge < -0.3 is 10.1 Å². The number of hydrogen-bond donors (Lipinski definition) is 1. The molecule has 0 fully saturated rings. The Bertz CT molecular complexity index is 596. The summed E-state index contributed by atoms with van der Waals surface area (Å²) in [5.74, 6) is 0. The van der Waals surface area contributed by atoms with E-state index in [4.69, 9.17) is 4.74 Å². The zero-order chi connectivity index (χ0) is 13.9. The standard InChI is InChI=1S/C16H18INOS/c1-19-10-11-5-2-3-6-13(11)18-14-7-4-8-15-12(14)9-16(17)20-15/h2-3,5-6,9,14,18H,4,7-8,10H2,1H3. The first-order chi connectivity index (χ1) is 9.78. The molecule has 0 bridgehead atoms. The van der Waals surface area contributed by atoms with E-state index in [1.807, 2.05) is 11.3 Å². The molecule has 0 amide bonds. The lowest BCUT2D eigenvalue weighted by Crippen LogP contribution is -2.16. The molecule has 1 aliphatic rings. The molecular weight excluding hydrogens is 381 g/mol. The number of halogens is 1. The average molecular weight is 399 g/mol. The van der Waals surface area contributed by atoms with Crippen LogP contribution in [0, 0.1) is 2.88 Å². The molecule has 3 rings (SSSR count). The minimum Gasteiger partial charge on any atom is -0.380 e. The van der Waals surface area contributed by atoms with Crippen LogP contribution in [0.25, 0.3) is 0 Å². The molecule has 106 valence electrons. The molecule has 1 unspecified atom stereocenters. The molecule has 1 aromatic heterocycles. The number of fused-ring (bicyclic) bond motifs is 1. The fraction of sp³-hybridized carbons (Fsp3) is 0.375. The smallest absolute Gasteiger partial charge is 0.0733 e. The van der Waals surface area contributed by atoms with Crippen molar-refractivity contribution in [2.75, 3.05) is 12.4 Å². The van der Waals surface area contributed by atoms with Crippen LogP contribution in [0.5, 0.6) is 0 Å². The van der Waals surface area contributed by atoms with Crippen molar-refractivity contribution in [3.05, 3.63) is 49.2 Å². The predicted octanol–water partition coefficient (Wildman–Crippen LogP) is 4.99. The van der Waals surface area contributed by atoms with Gasteiger partial charge in [-0.05, 0) is 59.5 Å². The Morgan fingerprint density at radius 3 is 3.10 bits per heavy atom. The summed E-state index contributed by atoms with van der Waals surface area (Å²) in [6, 6.07) is 11.2. The maximum Gasteiger partial charge on any atom is 0.0733 e. The van der Waals surface area contributed by atoms with E-state index in [-0.39, 0.29) is 0 Å². The Balaban J connectivity index is 1.85. The Morgan fingerprint density at radius 1 is 1.40 bits per heavy atom. The van der Waals surface area contributed by atoms with Gasteiger partial charge in [0.1, 0.15) is 0 Å². The number of hydrogen-bond acceptors (Lipinski definition) is 3. The second kappa shape index (κ2) is 6.45. The lowest BCUT2D eigenvalue weighted by Gasteiger charge is -2.25. The number of nitrogens with one attached hydrogen (secondary N) is 1. The van der Waals surface area contributed by atoms with Crippen LogP contribution in [0.4, 0.5) is 5.69 Å². The van der Waals surface area contributed by atoms with E-state index in [1.54, 1.807) is 12.0 Å². The van der Waals surface area contributed by atoms with Crippen LogP contribution >= 0.6 is 33.9 Å². The zero-order valence-corrected chi connectivity index (χ0v) is 14.5. The van der Waals surface area contributed by atoms with Crippen LogP contribution in [0.2, 0.25) is 0 Å². The number of aryl methyl sites for hydroxylation is 1. The number of thiophene rings is 1. The van der Waals surface area contributed by atoms with Gasteiger partial charge in [-0.25, -0.2) is 0 Å².